The summed E-state index contributed by atoms with van der Waals surface area (Å²) in [4.78, 5) is 11.7. The molecule has 6 heteroatoms. The van der Waals surface area contributed by atoms with Gasteiger partial charge in [0, 0.05) is 0 Å². The van der Waals surface area contributed by atoms with Crippen LogP contribution >= 0.6 is 0 Å². The van der Waals surface area contributed by atoms with E-state index in [2.05, 4.69) is 10.9 Å². The summed E-state index contributed by atoms with van der Waals surface area (Å²) in [6.45, 7) is 7.47. The Morgan fingerprint density at radius 3 is 2.32 bits per heavy atom. The average Bonchev–Trinajstić information content (AvgIpc) is 2.45. The highest BCUT2D eigenvalue weighted by Crippen LogP contribution is 2.30. The molecule has 0 spiro atoms. The van der Waals surface area contributed by atoms with Gasteiger partial charge in [-0.25, -0.2) is 10.2 Å². The lowest BCUT2D eigenvalue weighted by molar-refractivity contribution is 0.0487. The third-order valence-electron chi connectivity index (χ3n) is 2.97. The zero-order chi connectivity index (χ0) is 16.8. The van der Waals surface area contributed by atoms with Crippen molar-refractivity contribution in [2.45, 2.75) is 45.8 Å². The Kier molecular flexibility index (Phi) is 6.49. The Bertz CT molecular complexity index is 497. The number of rotatable bonds is 6. The van der Waals surface area contributed by atoms with E-state index < -0.39 is 11.7 Å². The molecule has 6 nitrogen and oxygen atoms in total. The van der Waals surface area contributed by atoms with Gasteiger partial charge in [0.1, 0.15) is 5.60 Å². The van der Waals surface area contributed by atoms with Crippen LogP contribution in [0.4, 0.5) is 4.79 Å². The fourth-order valence-electron chi connectivity index (χ4n) is 1.94. The van der Waals surface area contributed by atoms with Crippen LogP contribution in [-0.4, -0.2) is 25.9 Å². The molecular weight excluding hydrogens is 284 g/mol. The number of amides is 1. The van der Waals surface area contributed by atoms with Gasteiger partial charge in [-0.05, 0) is 44.9 Å². The highest BCUT2D eigenvalue weighted by molar-refractivity contribution is 5.67. The summed E-state index contributed by atoms with van der Waals surface area (Å²) < 4.78 is 15.7. The second kappa shape index (κ2) is 7.89. The second-order valence-corrected chi connectivity index (χ2v) is 5.85. The molecule has 22 heavy (non-hydrogen) atoms. The topological polar surface area (TPSA) is 68.8 Å². The minimum atomic E-state index is -0.531. The highest BCUT2D eigenvalue weighted by atomic mass is 16.6. The van der Waals surface area contributed by atoms with Crippen molar-refractivity contribution >= 4 is 6.09 Å². The van der Waals surface area contributed by atoms with E-state index in [0.717, 1.165) is 12.0 Å². The molecule has 1 amide bonds. The van der Waals surface area contributed by atoms with Crippen LogP contribution in [0.2, 0.25) is 0 Å². The molecule has 1 aromatic carbocycles. The SMILES string of the molecule is CCC(NNC(=O)OC(C)(C)C)c1ccc(OC)c(OC)c1. The van der Waals surface area contributed by atoms with Crippen LogP contribution in [0.25, 0.3) is 0 Å². The van der Waals surface area contributed by atoms with Crippen molar-refractivity contribution in [2.75, 3.05) is 14.2 Å². The third kappa shape index (κ3) is 5.44. The van der Waals surface area contributed by atoms with Crippen molar-refractivity contribution < 1.29 is 19.0 Å². The molecule has 1 unspecified atom stereocenters. The molecule has 1 atom stereocenters. The minimum absolute atomic E-state index is 0.0627. The van der Waals surface area contributed by atoms with Crippen LogP contribution < -0.4 is 20.3 Å². The summed E-state index contributed by atoms with van der Waals surface area (Å²) in [6, 6.07) is 5.59. The maximum Gasteiger partial charge on any atom is 0.422 e. The summed E-state index contributed by atoms with van der Waals surface area (Å²) in [6.07, 6.45) is 0.275. The smallest absolute Gasteiger partial charge is 0.422 e. The first-order valence-corrected chi connectivity index (χ1v) is 7.27. The van der Waals surface area contributed by atoms with Crippen molar-refractivity contribution in [1.29, 1.82) is 0 Å². The maximum atomic E-state index is 11.7. The van der Waals surface area contributed by atoms with E-state index in [9.17, 15) is 4.79 Å². The Morgan fingerprint density at radius 1 is 1.18 bits per heavy atom. The van der Waals surface area contributed by atoms with Crippen LogP contribution in [0.3, 0.4) is 0 Å². The summed E-state index contributed by atoms with van der Waals surface area (Å²) in [5, 5.41) is 0. The van der Waals surface area contributed by atoms with Gasteiger partial charge in [-0.15, -0.1) is 0 Å². The fraction of sp³-hybridized carbons (Fsp3) is 0.562. The van der Waals surface area contributed by atoms with Crippen LogP contribution in [0.15, 0.2) is 18.2 Å². The number of carbonyl (C=O) groups is 1. The van der Waals surface area contributed by atoms with Gasteiger partial charge < -0.3 is 14.2 Å². The van der Waals surface area contributed by atoms with Gasteiger partial charge in [0.15, 0.2) is 11.5 Å². The maximum absolute atomic E-state index is 11.7. The van der Waals surface area contributed by atoms with E-state index in [0.29, 0.717) is 11.5 Å². The molecule has 0 bridgehead atoms. The molecule has 0 heterocycles. The summed E-state index contributed by atoms with van der Waals surface area (Å²) in [5.74, 6) is 1.32. The molecule has 0 saturated carbocycles. The molecule has 0 fully saturated rings. The lowest BCUT2D eigenvalue weighted by atomic mass is 10.0. The number of hydrazine groups is 1. The lowest BCUT2D eigenvalue weighted by Crippen LogP contribution is -2.42. The van der Waals surface area contributed by atoms with E-state index in [1.807, 2.05) is 45.9 Å². The zero-order valence-electron chi connectivity index (χ0n) is 14.1. The van der Waals surface area contributed by atoms with Gasteiger partial charge in [-0.3, -0.25) is 5.43 Å². The molecule has 124 valence electrons. The number of hydrogen-bond donors (Lipinski definition) is 2. The lowest BCUT2D eigenvalue weighted by Gasteiger charge is -2.23. The predicted molar refractivity (Wildman–Crippen MR) is 85.1 cm³/mol. The van der Waals surface area contributed by atoms with Gasteiger partial charge in [-0.2, -0.15) is 0 Å². The van der Waals surface area contributed by atoms with E-state index in [4.69, 9.17) is 14.2 Å². The van der Waals surface area contributed by atoms with Crippen LogP contribution in [0, 0.1) is 0 Å². The fourth-order valence-corrected chi connectivity index (χ4v) is 1.94. The van der Waals surface area contributed by atoms with E-state index in [1.54, 1.807) is 14.2 Å². The Morgan fingerprint density at radius 2 is 1.82 bits per heavy atom. The highest BCUT2D eigenvalue weighted by Gasteiger charge is 2.18. The van der Waals surface area contributed by atoms with Crippen LogP contribution in [-0.2, 0) is 4.74 Å². The first-order chi connectivity index (χ1) is 10.3. The van der Waals surface area contributed by atoms with Gasteiger partial charge in [-0.1, -0.05) is 13.0 Å². The monoisotopic (exact) mass is 310 g/mol. The van der Waals surface area contributed by atoms with E-state index >= 15 is 0 Å². The molecule has 0 saturated heterocycles. The standard InChI is InChI=1S/C16H26N2O4/c1-7-12(17-18-15(19)22-16(2,3)4)11-8-9-13(20-5)14(10-11)21-6/h8-10,12,17H,7H2,1-6H3,(H,18,19). The molecule has 1 rings (SSSR count). The van der Waals surface area contributed by atoms with Crippen molar-refractivity contribution in [1.82, 2.24) is 10.9 Å². The third-order valence-corrected chi connectivity index (χ3v) is 2.97. The molecule has 0 aliphatic rings. The van der Waals surface area contributed by atoms with Crippen LogP contribution in [0.1, 0.15) is 45.7 Å². The Labute approximate surface area is 132 Å². The van der Waals surface area contributed by atoms with Gasteiger partial charge in [0.25, 0.3) is 0 Å². The van der Waals surface area contributed by atoms with Crippen molar-refractivity contribution in [3.63, 3.8) is 0 Å². The van der Waals surface area contributed by atoms with Crippen molar-refractivity contribution in [3.05, 3.63) is 23.8 Å². The Balaban J connectivity index is 2.74. The number of methoxy groups -OCH3 is 2. The van der Waals surface area contributed by atoms with E-state index in [-0.39, 0.29) is 6.04 Å². The molecule has 1 aromatic rings. The van der Waals surface area contributed by atoms with Gasteiger partial charge in [0.05, 0.1) is 20.3 Å². The second-order valence-electron chi connectivity index (χ2n) is 5.85. The minimum Gasteiger partial charge on any atom is -0.493 e. The predicted octanol–water partition coefficient (Wildman–Crippen LogP) is 3.18. The molecule has 0 aliphatic carbocycles. The first-order valence-electron chi connectivity index (χ1n) is 7.27. The van der Waals surface area contributed by atoms with Gasteiger partial charge >= 0.3 is 6.09 Å². The largest absolute Gasteiger partial charge is 0.493 e. The molecular formula is C16H26N2O4. The number of carbonyl (C=O) groups excluding carboxylic acids is 1. The molecule has 2 N–H and O–H groups in total. The average molecular weight is 310 g/mol. The number of nitrogens with one attached hydrogen (secondary N) is 2. The summed E-state index contributed by atoms with van der Waals surface area (Å²) >= 11 is 0. The van der Waals surface area contributed by atoms with Crippen molar-refractivity contribution in [3.8, 4) is 11.5 Å². The molecule has 0 aliphatic heterocycles. The Hall–Kier alpha value is -1.95. The molecule has 0 radical (unpaired) electrons. The van der Waals surface area contributed by atoms with Crippen LogP contribution in [0.5, 0.6) is 11.5 Å². The van der Waals surface area contributed by atoms with E-state index in [1.165, 1.54) is 0 Å². The number of hydrogen-bond acceptors (Lipinski definition) is 5. The summed E-state index contributed by atoms with van der Waals surface area (Å²) in [5.41, 5.74) is 6.00. The number of benzene rings is 1. The first kappa shape index (κ1) is 18.1. The zero-order valence-corrected chi connectivity index (χ0v) is 14.1. The quantitative estimate of drug-likeness (QED) is 0.790. The normalized spacial score (nSPS) is 12.5. The summed E-state index contributed by atoms with van der Waals surface area (Å²) in [7, 11) is 3.19. The van der Waals surface area contributed by atoms with Crippen molar-refractivity contribution in [2.24, 2.45) is 0 Å². The number of ether oxygens (including phenoxy) is 3. The molecule has 0 aromatic heterocycles. The van der Waals surface area contributed by atoms with Gasteiger partial charge in [0.2, 0.25) is 0 Å².